The molecule has 0 amide bonds. The van der Waals surface area contributed by atoms with Gasteiger partial charge in [-0.1, -0.05) is 30.8 Å². The molecule has 7 heteroatoms. The summed E-state index contributed by atoms with van der Waals surface area (Å²) in [6, 6.07) is 17.4. The van der Waals surface area contributed by atoms with Gasteiger partial charge >= 0.3 is 0 Å². The first-order chi connectivity index (χ1) is 14.0. The van der Waals surface area contributed by atoms with E-state index in [1.54, 1.807) is 0 Å². The van der Waals surface area contributed by atoms with E-state index in [1.807, 2.05) is 73.8 Å². The van der Waals surface area contributed by atoms with Crippen molar-refractivity contribution in [2.45, 2.75) is 13.8 Å². The van der Waals surface area contributed by atoms with Crippen LogP contribution < -0.4 is 10.1 Å². The van der Waals surface area contributed by atoms with Gasteiger partial charge in [0.2, 0.25) is 5.12 Å². The number of nitrogens with one attached hydrogen (secondary N) is 1. The van der Waals surface area contributed by atoms with E-state index < -0.39 is 0 Å². The van der Waals surface area contributed by atoms with Gasteiger partial charge in [0, 0.05) is 21.5 Å². The van der Waals surface area contributed by atoms with Crippen molar-refractivity contribution in [3.63, 3.8) is 0 Å². The van der Waals surface area contributed by atoms with Gasteiger partial charge in [-0.25, -0.2) is 4.98 Å². The Morgan fingerprint density at radius 2 is 1.72 bits per heavy atom. The number of hydrogen-bond donors (Lipinski definition) is 2. The van der Waals surface area contributed by atoms with E-state index in [2.05, 4.69) is 17.9 Å². The van der Waals surface area contributed by atoms with Gasteiger partial charge in [-0.3, -0.25) is 4.79 Å². The Bertz CT molecular complexity index is 1150. The van der Waals surface area contributed by atoms with Crippen molar-refractivity contribution in [3.05, 3.63) is 75.3 Å². The zero-order chi connectivity index (χ0) is 20.4. The molecule has 0 aliphatic heterocycles. The van der Waals surface area contributed by atoms with E-state index in [-0.39, 0.29) is 5.12 Å². The minimum absolute atomic E-state index is 0.201. The lowest BCUT2D eigenvalue weighted by atomic mass is 10.1. The highest BCUT2D eigenvalue weighted by Gasteiger charge is 2.19. The van der Waals surface area contributed by atoms with Gasteiger partial charge in [0.1, 0.15) is 11.5 Å². The predicted molar refractivity (Wildman–Crippen MR) is 124 cm³/mol. The number of rotatable bonds is 6. The lowest BCUT2D eigenvalue weighted by molar-refractivity contribution is 0.109. The molecule has 0 bridgehead atoms. The fourth-order valence-electron chi connectivity index (χ4n) is 3.04. The number of aryl methyl sites for hydroxylation is 1. The maximum absolute atomic E-state index is 11.7. The number of thiol groups is 1. The van der Waals surface area contributed by atoms with Gasteiger partial charge in [-0.2, -0.15) is 0 Å². The fraction of sp³-hybridized carbons (Fsp3) is 0.0909. The Hall–Kier alpha value is -2.61. The third-order valence-corrected chi connectivity index (χ3v) is 6.70. The number of aromatic nitrogens is 1. The monoisotopic (exact) mass is 438 g/mol. The predicted octanol–water partition coefficient (Wildman–Crippen LogP) is 7.09. The molecule has 0 unspecified atom stereocenters. The Morgan fingerprint density at radius 1 is 1.03 bits per heavy atom. The first kappa shape index (κ1) is 19.7. The quantitative estimate of drug-likeness (QED) is 0.315. The van der Waals surface area contributed by atoms with Gasteiger partial charge < -0.3 is 10.1 Å². The summed E-state index contributed by atoms with van der Waals surface area (Å²) in [7, 11) is 0. The summed E-state index contributed by atoms with van der Waals surface area (Å²) in [5.74, 6) is 1.58. The van der Waals surface area contributed by atoms with Crippen LogP contribution in [0.5, 0.6) is 11.5 Å². The summed E-state index contributed by atoms with van der Waals surface area (Å²) in [6.45, 7) is 3.95. The van der Waals surface area contributed by atoms with Crippen LogP contribution in [0.4, 0.5) is 10.8 Å². The van der Waals surface area contributed by atoms with E-state index in [1.165, 1.54) is 22.7 Å². The third-order valence-electron chi connectivity index (χ3n) is 4.36. The van der Waals surface area contributed by atoms with Crippen molar-refractivity contribution in [1.82, 2.24) is 4.98 Å². The first-order valence-electron chi connectivity index (χ1n) is 8.90. The number of thiophene rings is 1. The van der Waals surface area contributed by atoms with Crippen LogP contribution in [-0.2, 0) is 0 Å². The van der Waals surface area contributed by atoms with Gasteiger partial charge in [0.05, 0.1) is 10.6 Å². The number of anilines is 2. The maximum atomic E-state index is 11.7. The highest BCUT2D eigenvalue weighted by molar-refractivity contribution is 7.97. The molecule has 0 saturated carbocycles. The second-order valence-electron chi connectivity index (χ2n) is 6.39. The van der Waals surface area contributed by atoms with Gasteiger partial charge in [0.15, 0.2) is 5.13 Å². The van der Waals surface area contributed by atoms with Gasteiger partial charge in [-0.15, -0.1) is 22.7 Å². The Balaban J connectivity index is 1.49. The summed E-state index contributed by atoms with van der Waals surface area (Å²) in [5, 5.41) is 5.92. The molecule has 0 saturated heterocycles. The van der Waals surface area contributed by atoms with E-state index >= 15 is 0 Å². The lowest BCUT2D eigenvalue weighted by Gasteiger charge is -2.07. The summed E-state index contributed by atoms with van der Waals surface area (Å²) >= 11 is 6.96. The van der Waals surface area contributed by atoms with Crippen LogP contribution in [0.25, 0.3) is 11.3 Å². The van der Waals surface area contributed by atoms with Crippen LogP contribution >= 0.6 is 35.3 Å². The highest BCUT2D eigenvalue weighted by atomic mass is 32.1. The van der Waals surface area contributed by atoms with Crippen LogP contribution in [0, 0.1) is 13.8 Å². The number of ether oxygens (including phenoxy) is 1. The van der Waals surface area contributed by atoms with Crippen molar-refractivity contribution in [2.75, 3.05) is 5.32 Å². The van der Waals surface area contributed by atoms with E-state index in [0.717, 1.165) is 44.0 Å². The van der Waals surface area contributed by atoms with E-state index in [9.17, 15) is 4.79 Å². The highest BCUT2D eigenvalue weighted by Crippen LogP contribution is 2.38. The molecule has 4 aromatic rings. The average Bonchev–Trinajstić information content (AvgIpc) is 3.27. The molecule has 2 aromatic heterocycles. The van der Waals surface area contributed by atoms with Crippen molar-refractivity contribution < 1.29 is 9.53 Å². The van der Waals surface area contributed by atoms with Crippen LogP contribution in [0.1, 0.15) is 20.1 Å². The summed E-state index contributed by atoms with van der Waals surface area (Å²) in [6.07, 6.45) is 0. The lowest BCUT2D eigenvalue weighted by Crippen LogP contribution is -1.91. The topological polar surface area (TPSA) is 51.2 Å². The van der Waals surface area contributed by atoms with Gasteiger partial charge in [-0.05, 0) is 55.8 Å². The fourth-order valence-corrected chi connectivity index (χ4v) is 5.07. The van der Waals surface area contributed by atoms with E-state index in [4.69, 9.17) is 9.72 Å². The molecule has 2 aromatic carbocycles. The molecule has 0 atom stereocenters. The Morgan fingerprint density at radius 3 is 2.38 bits per heavy atom. The molecule has 0 fully saturated rings. The molecule has 0 aliphatic carbocycles. The largest absolute Gasteiger partial charge is 0.457 e. The van der Waals surface area contributed by atoms with Crippen LogP contribution in [0.15, 0.2) is 60.0 Å². The Kier molecular flexibility index (Phi) is 5.71. The summed E-state index contributed by atoms with van der Waals surface area (Å²) < 4.78 is 5.82. The number of benzene rings is 2. The van der Waals surface area contributed by atoms with Crippen LogP contribution in [0.2, 0.25) is 0 Å². The molecule has 146 valence electrons. The zero-order valence-corrected chi connectivity index (χ0v) is 18.3. The molecular weight excluding hydrogens is 420 g/mol. The second kappa shape index (κ2) is 8.41. The number of nitrogens with zero attached hydrogens (tertiary/aromatic N) is 1. The molecule has 29 heavy (non-hydrogen) atoms. The SMILES string of the molecule is Cc1sc(C(=O)S)c(C)c1-c1csc(Nc2ccc(Oc3ccccc3)cc2)n1. The summed E-state index contributed by atoms with van der Waals surface area (Å²) in [4.78, 5) is 18.1. The average molecular weight is 439 g/mol. The number of hydrogen-bond acceptors (Lipinski definition) is 6. The van der Waals surface area contributed by atoms with Crippen molar-refractivity contribution in [1.29, 1.82) is 0 Å². The van der Waals surface area contributed by atoms with Gasteiger partial charge in [0.25, 0.3) is 0 Å². The van der Waals surface area contributed by atoms with Crippen molar-refractivity contribution >= 4 is 51.2 Å². The summed E-state index contributed by atoms with van der Waals surface area (Å²) in [5.41, 5.74) is 3.75. The second-order valence-corrected chi connectivity index (χ2v) is 8.88. The maximum Gasteiger partial charge on any atom is 0.226 e. The number of para-hydroxylation sites is 1. The molecular formula is C22H18N2O2S3. The Labute approximate surface area is 182 Å². The standard InChI is InChI=1S/C22H18N2O2S3/c1-13-19(14(2)29-20(13)21(25)27)18-12-28-22(24-18)23-15-8-10-17(11-9-15)26-16-6-4-3-5-7-16/h3-12H,1-2H3,(H,23,24)(H,25,27). The van der Waals surface area contributed by atoms with E-state index in [0.29, 0.717) is 4.88 Å². The molecule has 0 spiro atoms. The molecule has 4 nitrogen and oxygen atoms in total. The number of carbonyl (C=O) groups excluding carboxylic acids is 1. The minimum atomic E-state index is -0.201. The molecule has 4 rings (SSSR count). The van der Waals surface area contributed by atoms with Crippen molar-refractivity contribution in [2.24, 2.45) is 0 Å². The molecule has 0 radical (unpaired) electrons. The number of carbonyl (C=O) groups is 1. The minimum Gasteiger partial charge on any atom is -0.457 e. The van der Waals surface area contributed by atoms with Crippen LogP contribution in [-0.4, -0.2) is 10.1 Å². The van der Waals surface area contributed by atoms with Crippen LogP contribution in [0.3, 0.4) is 0 Å². The third kappa shape index (κ3) is 4.37. The smallest absolute Gasteiger partial charge is 0.226 e. The number of thiazole rings is 1. The first-order valence-corrected chi connectivity index (χ1v) is 11.0. The normalized spacial score (nSPS) is 10.7. The zero-order valence-electron chi connectivity index (χ0n) is 15.8. The van der Waals surface area contributed by atoms with Crippen molar-refractivity contribution in [3.8, 4) is 22.8 Å². The molecule has 2 heterocycles. The molecule has 1 N–H and O–H groups in total. The molecule has 0 aliphatic rings.